The van der Waals surface area contributed by atoms with E-state index in [4.69, 9.17) is 5.73 Å². The van der Waals surface area contributed by atoms with Crippen LogP contribution in [-0.4, -0.2) is 35.6 Å². The summed E-state index contributed by atoms with van der Waals surface area (Å²) in [5, 5.41) is 0. The van der Waals surface area contributed by atoms with Crippen molar-refractivity contribution in [1.82, 2.24) is 4.90 Å². The first kappa shape index (κ1) is 17.6. The number of carbonyl (C=O) groups excluding carboxylic acids is 2. The van der Waals surface area contributed by atoms with Crippen LogP contribution < -0.4 is 5.73 Å². The summed E-state index contributed by atoms with van der Waals surface area (Å²) in [6.07, 6.45) is 3.75. The summed E-state index contributed by atoms with van der Waals surface area (Å²) < 4.78 is 0. The number of thioether (sulfide) groups is 1. The van der Waals surface area contributed by atoms with E-state index in [9.17, 15) is 9.59 Å². The largest absolute Gasteiger partial charge is 0.369 e. The lowest BCUT2D eigenvalue weighted by molar-refractivity contribution is -0.123. The van der Waals surface area contributed by atoms with Gasteiger partial charge in [0.15, 0.2) is 0 Å². The first-order valence-electron chi connectivity index (χ1n) is 7.93. The zero-order chi connectivity index (χ0) is 16.8. The highest BCUT2D eigenvalue weighted by Gasteiger charge is 2.28. The molecule has 1 atom stereocenters. The van der Waals surface area contributed by atoms with Crippen LogP contribution >= 0.6 is 11.8 Å². The van der Waals surface area contributed by atoms with Crippen molar-refractivity contribution >= 4 is 23.6 Å². The van der Waals surface area contributed by atoms with Gasteiger partial charge in [0.1, 0.15) is 0 Å². The number of primary amides is 1. The summed E-state index contributed by atoms with van der Waals surface area (Å²) in [6.45, 7) is 5.25. The van der Waals surface area contributed by atoms with Crippen molar-refractivity contribution < 1.29 is 9.59 Å². The number of nitrogens with zero attached hydrogens (tertiary/aromatic N) is 1. The molecule has 1 unspecified atom stereocenters. The van der Waals surface area contributed by atoms with Crippen molar-refractivity contribution in [3.8, 4) is 0 Å². The summed E-state index contributed by atoms with van der Waals surface area (Å²) >= 11 is 1.66. The average molecular weight is 332 g/mol. The molecule has 1 heterocycles. The van der Waals surface area contributed by atoms with E-state index in [2.05, 4.69) is 19.9 Å². The molecule has 5 heteroatoms. The van der Waals surface area contributed by atoms with E-state index >= 15 is 0 Å². The summed E-state index contributed by atoms with van der Waals surface area (Å²) in [7, 11) is 0. The van der Waals surface area contributed by atoms with E-state index in [0.29, 0.717) is 18.7 Å². The van der Waals surface area contributed by atoms with Crippen molar-refractivity contribution in [1.29, 1.82) is 0 Å². The Kier molecular flexibility index (Phi) is 6.28. The molecule has 0 bridgehead atoms. The van der Waals surface area contributed by atoms with Crippen LogP contribution in [0.4, 0.5) is 0 Å². The van der Waals surface area contributed by atoms with Gasteiger partial charge in [-0.15, -0.1) is 11.8 Å². The molecular formula is C18H24N2O2S. The molecule has 2 amide bonds. The molecule has 1 saturated heterocycles. The summed E-state index contributed by atoms with van der Waals surface area (Å²) in [5.74, 6) is 0.305. The van der Waals surface area contributed by atoms with Gasteiger partial charge in [-0.05, 0) is 38.8 Å². The van der Waals surface area contributed by atoms with E-state index < -0.39 is 0 Å². The molecule has 1 aliphatic rings. The van der Waals surface area contributed by atoms with Gasteiger partial charge < -0.3 is 10.6 Å². The fourth-order valence-corrected chi connectivity index (χ4v) is 3.71. The Hall–Kier alpha value is -1.75. The predicted octanol–water partition coefficient (Wildman–Crippen LogP) is 3.08. The number of benzene rings is 1. The van der Waals surface area contributed by atoms with Gasteiger partial charge in [0, 0.05) is 23.7 Å². The van der Waals surface area contributed by atoms with E-state index in [1.54, 1.807) is 16.7 Å². The lowest BCUT2D eigenvalue weighted by atomic mass is 9.97. The molecule has 4 nitrogen and oxygen atoms in total. The number of amides is 2. The number of nitrogens with two attached hydrogens (primary N) is 1. The van der Waals surface area contributed by atoms with Crippen LogP contribution in [0.5, 0.6) is 0 Å². The van der Waals surface area contributed by atoms with Gasteiger partial charge in [-0.3, -0.25) is 9.59 Å². The normalized spacial score (nSPS) is 17.7. The predicted molar refractivity (Wildman–Crippen MR) is 94.4 cm³/mol. The minimum atomic E-state index is -0.311. The SMILES string of the molecule is CC(C)=CCSc1ccccc1C(=O)N1CCCC(C(N)=O)C1. The van der Waals surface area contributed by atoms with Crippen LogP contribution in [0.1, 0.15) is 37.0 Å². The van der Waals surface area contributed by atoms with Crippen LogP contribution in [0.3, 0.4) is 0 Å². The summed E-state index contributed by atoms with van der Waals surface area (Å²) in [5.41, 5.74) is 7.38. The van der Waals surface area contributed by atoms with Gasteiger partial charge in [0.2, 0.25) is 5.91 Å². The van der Waals surface area contributed by atoms with Crippen molar-refractivity contribution in [2.24, 2.45) is 11.7 Å². The quantitative estimate of drug-likeness (QED) is 0.666. The second-order valence-corrected chi connectivity index (χ2v) is 7.14. The zero-order valence-electron chi connectivity index (χ0n) is 13.7. The molecule has 2 N–H and O–H groups in total. The van der Waals surface area contributed by atoms with E-state index in [1.165, 1.54) is 5.57 Å². The number of hydrogen-bond donors (Lipinski definition) is 1. The fraction of sp³-hybridized carbons (Fsp3) is 0.444. The van der Waals surface area contributed by atoms with Gasteiger partial charge >= 0.3 is 0 Å². The van der Waals surface area contributed by atoms with Crippen molar-refractivity contribution in [2.45, 2.75) is 31.6 Å². The number of rotatable bonds is 5. The van der Waals surface area contributed by atoms with Crippen molar-refractivity contribution in [3.05, 3.63) is 41.5 Å². The molecule has 1 fully saturated rings. The first-order chi connectivity index (χ1) is 11.0. The maximum absolute atomic E-state index is 12.8. The lowest BCUT2D eigenvalue weighted by Crippen LogP contribution is -2.44. The molecule has 1 aliphatic heterocycles. The number of likely N-dealkylation sites (tertiary alicyclic amines) is 1. The molecule has 23 heavy (non-hydrogen) atoms. The maximum atomic E-state index is 12.8. The molecule has 0 saturated carbocycles. The van der Waals surface area contributed by atoms with Crippen LogP contribution in [0, 0.1) is 5.92 Å². The Morgan fingerprint density at radius 1 is 1.35 bits per heavy atom. The van der Waals surface area contributed by atoms with E-state index in [-0.39, 0.29) is 17.7 Å². The highest BCUT2D eigenvalue weighted by molar-refractivity contribution is 7.99. The maximum Gasteiger partial charge on any atom is 0.255 e. The monoisotopic (exact) mass is 332 g/mol. The number of carbonyl (C=O) groups is 2. The minimum Gasteiger partial charge on any atom is -0.369 e. The Morgan fingerprint density at radius 2 is 2.09 bits per heavy atom. The Balaban J connectivity index is 2.12. The van der Waals surface area contributed by atoms with Gasteiger partial charge in [-0.25, -0.2) is 0 Å². The van der Waals surface area contributed by atoms with Gasteiger partial charge in [-0.1, -0.05) is 23.8 Å². The third-order valence-corrected chi connectivity index (χ3v) is 4.96. The molecule has 1 aromatic carbocycles. The molecule has 0 radical (unpaired) electrons. The molecule has 1 aromatic rings. The second kappa shape index (κ2) is 8.20. The van der Waals surface area contributed by atoms with Crippen LogP contribution in [0.25, 0.3) is 0 Å². The van der Waals surface area contributed by atoms with Crippen LogP contribution in [0.2, 0.25) is 0 Å². The second-order valence-electron chi connectivity index (χ2n) is 6.08. The number of hydrogen-bond acceptors (Lipinski definition) is 3. The van der Waals surface area contributed by atoms with Crippen LogP contribution in [-0.2, 0) is 4.79 Å². The average Bonchev–Trinajstić information content (AvgIpc) is 2.54. The topological polar surface area (TPSA) is 63.4 Å². The molecule has 0 spiro atoms. The fourth-order valence-electron chi connectivity index (χ4n) is 2.63. The Bertz CT molecular complexity index is 609. The number of allylic oxidation sites excluding steroid dienone is 1. The molecule has 0 aliphatic carbocycles. The summed E-state index contributed by atoms with van der Waals surface area (Å²) in [4.78, 5) is 27.0. The molecular weight excluding hydrogens is 308 g/mol. The third kappa shape index (κ3) is 4.86. The van der Waals surface area contributed by atoms with Gasteiger partial charge in [0.25, 0.3) is 5.91 Å². The zero-order valence-corrected chi connectivity index (χ0v) is 14.6. The van der Waals surface area contributed by atoms with Crippen LogP contribution in [0.15, 0.2) is 40.8 Å². The molecule has 124 valence electrons. The van der Waals surface area contributed by atoms with Gasteiger partial charge in [-0.2, -0.15) is 0 Å². The first-order valence-corrected chi connectivity index (χ1v) is 8.91. The highest BCUT2D eigenvalue weighted by atomic mass is 32.2. The Morgan fingerprint density at radius 3 is 2.78 bits per heavy atom. The lowest BCUT2D eigenvalue weighted by Gasteiger charge is -2.31. The summed E-state index contributed by atoms with van der Waals surface area (Å²) in [6, 6.07) is 7.67. The standard InChI is InChI=1S/C18H24N2O2S/c1-13(2)9-11-23-16-8-4-3-7-15(16)18(22)20-10-5-6-14(12-20)17(19)21/h3-4,7-9,14H,5-6,10-12H2,1-2H3,(H2,19,21). The molecule has 2 rings (SSSR count). The minimum absolute atomic E-state index is 0.00347. The third-order valence-electron chi connectivity index (χ3n) is 3.96. The van der Waals surface area contributed by atoms with E-state index in [1.807, 2.05) is 24.3 Å². The highest BCUT2D eigenvalue weighted by Crippen LogP contribution is 2.26. The van der Waals surface area contributed by atoms with E-state index in [0.717, 1.165) is 23.5 Å². The van der Waals surface area contributed by atoms with Crippen molar-refractivity contribution in [2.75, 3.05) is 18.8 Å². The number of piperidine rings is 1. The molecule has 0 aromatic heterocycles. The van der Waals surface area contributed by atoms with Gasteiger partial charge in [0.05, 0.1) is 11.5 Å². The smallest absolute Gasteiger partial charge is 0.255 e. The Labute approximate surface area is 142 Å². The van der Waals surface area contributed by atoms with Crippen molar-refractivity contribution in [3.63, 3.8) is 0 Å².